The zero-order chi connectivity index (χ0) is 10.5. The molecule has 0 bridgehead atoms. The zero-order valence-electron chi connectivity index (χ0n) is 8.99. The molecule has 2 heterocycles. The minimum absolute atomic E-state index is 0.0887. The molecule has 0 N–H and O–H groups in total. The van der Waals surface area contributed by atoms with Crippen molar-refractivity contribution in [3.63, 3.8) is 0 Å². The van der Waals surface area contributed by atoms with E-state index in [-0.39, 0.29) is 5.54 Å². The molecule has 2 aliphatic rings. The summed E-state index contributed by atoms with van der Waals surface area (Å²) in [7, 11) is 0. The van der Waals surface area contributed by atoms with Crippen LogP contribution in [0.2, 0.25) is 0 Å². The topological polar surface area (TPSA) is 20.3 Å². The van der Waals surface area contributed by atoms with Crippen molar-refractivity contribution < 1.29 is 4.79 Å². The summed E-state index contributed by atoms with van der Waals surface area (Å²) in [6.07, 6.45) is 2.76. The number of rotatable bonds is 0. The smallest absolute Gasteiger partial charge is 0.223 e. The van der Waals surface area contributed by atoms with Gasteiger partial charge in [-0.2, -0.15) is 0 Å². The fraction of sp³-hybridized carbons (Fsp3) is 0.462. The van der Waals surface area contributed by atoms with Crippen LogP contribution in [-0.4, -0.2) is 16.3 Å². The average molecular weight is 201 g/mol. The van der Waals surface area contributed by atoms with Crippen LogP contribution >= 0.6 is 0 Å². The van der Waals surface area contributed by atoms with Crippen molar-refractivity contribution in [3.05, 3.63) is 35.4 Å². The van der Waals surface area contributed by atoms with Crippen LogP contribution in [0.25, 0.3) is 0 Å². The first-order valence-electron chi connectivity index (χ1n) is 5.56. The van der Waals surface area contributed by atoms with Gasteiger partial charge < -0.3 is 4.90 Å². The second-order valence-electron chi connectivity index (χ2n) is 4.92. The van der Waals surface area contributed by atoms with Gasteiger partial charge in [-0.1, -0.05) is 24.3 Å². The molecular formula is C13H15NO. The number of carbonyl (C=O) groups excluding carboxylic acids is 1. The summed E-state index contributed by atoms with van der Waals surface area (Å²) >= 11 is 0. The summed E-state index contributed by atoms with van der Waals surface area (Å²) in [4.78, 5) is 13.8. The molecular weight excluding hydrogens is 186 g/mol. The first-order chi connectivity index (χ1) is 7.19. The lowest BCUT2D eigenvalue weighted by Crippen LogP contribution is -2.47. The number of hydrogen-bond donors (Lipinski definition) is 0. The van der Waals surface area contributed by atoms with Crippen molar-refractivity contribution in [2.24, 2.45) is 0 Å². The maximum absolute atomic E-state index is 11.7. The molecule has 1 fully saturated rings. The molecule has 15 heavy (non-hydrogen) atoms. The van der Waals surface area contributed by atoms with Gasteiger partial charge in [-0.25, -0.2) is 0 Å². The third kappa shape index (κ3) is 1.21. The standard InChI is InChI=1S/C13H15NO/c1-13-7-6-12(15)14(13)9-11-5-3-2-4-10(11)8-13/h2-5H,6-9H2,1H3. The molecule has 0 spiro atoms. The highest BCUT2D eigenvalue weighted by Gasteiger charge is 2.44. The highest BCUT2D eigenvalue weighted by atomic mass is 16.2. The summed E-state index contributed by atoms with van der Waals surface area (Å²) in [5.74, 6) is 0.326. The molecule has 3 rings (SSSR count). The van der Waals surface area contributed by atoms with Crippen molar-refractivity contribution in [2.75, 3.05) is 0 Å². The predicted molar refractivity (Wildman–Crippen MR) is 58.3 cm³/mol. The lowest BCUT2D eigenvalue weighted by atomic mass is 9.84. The quantitative estimate of drug-likeness (QED) is 0.629. The number of carbonyl (C=O) groups is 1. The second kappa shape index (κ2) is 2.84. The van der Waals surface area contributed by atoms with E-state index < -0.39 is 0 Å². The average Bonchev–Trinajstić information content (AvgIpc) is 2.52. The van der Waals surface area contributed by atoms with E-state index in [1.165, 1.54) is 11.1 Å². The Balaban J connectivity index is 2.05. The summed E-state index contributed by atoms with van der Waals surface area (Å²) in [5.41, 5.74) is 2.84. The number of hydrogen-bond acceptors (Lipinski definition) is 1. The second-order valence-corrected chi connectivity index (χ2v) is 4.92. The van der Waals surface area contributed by atoms with Gasteiger partial charge >= 0.3 is 0 Å². The van der Waals surface area contributed by atoms with Crippen LogP contribution in [0.1, 0.15) is 30.9 Å². The third-order valence-electron chi connectivity index (χ3n) is 3.85. The Morgan fingerprint density at radius 3 is 2.80 bits per heavy atom. The van der Waals surface area contributed by atoms with Crippen molar-refractivity contribution in [1.29, 1.82) is 0 Å². The van der Waals surface area contributed by atoms with E-state index in [1.807, 2.05) is 0 Å². The molecule has 2 heteroatoms. The molecule has 0 aliphatic carbocycles. The van der Waals surface area contributed by atoms with Crippen molar-refractivity contribution in [3.8, 4) is 0 Å². The van der Waals surface area contributed by atoms with Crippen molar-refractivity contribution in [2.45, 2.75) is 38.3 Å². The molecule has 78 valence electrons. The Morgan fingerprint density at radius 1 is 1.27 bits per heavy atom. The lowest BCUT2D eigenvalue weighted by Gasteiger charge is -2.40. The van der Waals surface area contributed by atoms with Gasteiger partial charge in [-0.05, 0) is 30.9 Å². The van der Waals surface area contributed by atoms with Gasteiger partial charge in [0.25, 0.3) is 0 Å². The van der Waals surface area contributed by atoms with Crippen LogP contribution in [-0.2, 0) is 17.8 Å². The number of amides is 1. The predicted octanol–water partition coefficient (Wildman–Crippen LogP) is 2.12. The third-order valence-corrected chi connectivity index (χ3v) is 3.85. The van der Waals surface area contributed by atoms with E-state index in [4.69, 9.17) is 0 Å². The van der Waals surface area contributed by atoms with Crippen molar-refractivity contribution in [1.82, 2.24) is 4.90 Å². The van der Waals surface area contributed by atoms with E-state index in [2.05, 4.69) is 36.1 Å². The molecule has 1 unspecified atom stereocenters. The number of benzene rings is 1. The van der Waals surface area contributed by atoms with Gasteiger partial charge in [0, 0.05) is 18.5 Å². The van der Waals surface area contributed by atoms with Gasteiger partial charge in [0.05, 0.1) is 0 Å². The molecule has 0 saturated carbocycles. The summed E-state index contributed by atoms with van der Waals surface area (Å²) < 4.78 is 0. The Kier molecular flexibility index (Phi) is 1.70. The first-order valence-corrected chi connectivity index (χ1v) is 5.56. The van der Waals surface area contributed by atoms with Gasteiger partial charge in [0.15, 0.2) is 0 Å². The van der Waals surface area contributed by atoms with Gasteiger partial charge in [-0.3, -0.25) is 4.79 Å². The van der Waals surface area contributed by atoms with Crippen LogP contribution in [0.15, 0.2) is 24.3 Å². The highest BCUT2D eigenvalue weighted by Crippen LogP contribution is 2.38. The minimum atomic E-state index is 0.0887. The molecule has 1 aromatic rings. The van der Waals surface area contributed by atoms with Crippen LogP contribution < -0.4 is 0 Å². The Bertz CT molecular complexity index is 426. The highest BCUT2D eigenvalue weighted by molar-refractivity contribution is 5.80. The summed E-state index contributed by atoms with van der Waals surface area (Å²) in [6.45, 7) is 3.03. The Labute approximate surface area is 89.9 Å². The molecule has 1 saturated heterocycles. The van der Waals surface area contributed by atoms with Crippen molar-refractivity contribution >= 4 is 5.91 Å². The lowest BCUT2D eigenvalue weighted by molar-refractivity contribution is -0.132. The molecule has 1 amide bonds. The maximum Gasteiger partial charge on any atom is 0.223 e. The largest absolute Gasteiger partial charge is 0.333 e. The number of nitrogens with zero attached hydrogens (tertiary/aromatic N) is 1. The molecule has 2 aliphatic heterocycles. The van der Waals surface area contributed by atoms with E-state index in [0.717, 1.165) is 25.8 Å². The van der Waals surface area contributed by atoms with Gasteiger partial charge in [0.1, 0.15) is 0 Å². The van der Waals surface area contributed by atoms with E-state index in [1.54, 1.807) is 0 Å². The van der Waals surface area contributed by atoms with E-state index >= 15 is 0 Å². The fourth-order valence-corrected chi connectivity index (χ4v) is 2.87. The molecule has 0 aromatic heterocycles. The Morgan fingerprint density at radius 2 is 2.00 bits per heavy atom. The van der Waals surface area contributed by atoms with Crippen LogP contribution in [0.5, 0.6) is 0 Å². The van der Waals surface area contributed by atoms with Gasteiger partial charge in [-0.15, -0.1) is 0 Å². The molecule has 0 radical (unpaired) electrons. The zero-order valence-corrected chi connectivity index (χ0v) is 8.99. The fourth-order valence-electron chi connectivity index (χ4n) is 2.87. The monoisotopic (exact) mass is 201 g/mol. The molecule has 2 nitrogen and oxygen atoms in total. The van der Waals surface area contributed by atoms with Gasteiger partial charge in [0.2, 0.25) is 5.91 Å². The molecule has 1 atom stereocenters. The van der Waals surface area contributed by atoms with Crippen LogP contribution in [0, 0.1) is 0 Å². The minimum Gasteiger partial charge on any atom is -0.333 e. The normalized spacial score (nSPS) is 28.9. The van der Waals surface area contributed by atoms with E-state index in [9.17, 15) is 4.79 Å². The summed E-state index contributed by atoms with van der Waals surface area (Å²) in [5, 5.41) is 0. The van der Waals surface area contributed by atoms with Crippen LogP contribution in [0.3, 0.4) is 0 Å². The molecule has 1 aromatic carbocycles. The SMILES string of the molecule is CC12CCC(=O)N1Cc1ccccc1C2. The first kappa shape index (κ1) is 8.96. The van der Waals surface area contributed by atoms with E-state index in [0.29, 0.717) is 5.91 Å². The van der Waals surface area contributed by atoms with Crippen LogP contribution in [0.4, 0.5) is 0 Å². The summed E-state index contributed by atoms with van der Waals surface area (Å²) in [6, 6.07) is 8.48. The Hall–Kier alpha value is -1.31. The number of fused-ring (bicyclic) bond motifs is 2. The maximum atomic E-state index is 11.7.